The molecule has 1 unspecified atom stereocenters. The van der Waals surface area contributed by atoms with Crippen LogP contribution >= 0.6 is 22.6 Å². The molecule has 0 saturated heterocycles. The van der Waals surface area contributed by atoms with E-state index < -0.39 is 0 Å². The predicted octanol–water partition coefficient (Wildman–Crippen LogP) is 3.65. The Labute approximate surface area is 99.5 Å². The molecule has 2 N–H and O–H groups in total. The highest BCUT2D eigenvalue weighted by Gasteiger charge is 2.05. The summed E-state index contributed by atoms with van der Waals surface area (Å²) in [5.74, 6) is 0. The molecule has 0 heterocycles. The Hall–Kier alpha value is -0.350. The molecule has 0 bridgehead atoms. The first-order valence-electron chi connectivity index (χ1n) is 4.75. The maximum absolute atomic E-state index is 6.07. The van der Waals surface area contributed by atoms with E-state index in [9.17, 15) is 0 Å². The molecule has 1 aromatic carbocycles. The highest BCUT2D eigenvalue weighted by molar-refractivity contribution is 14.1. The van der Waals surface area contributed by atoms with Gasteiger partial charge in [0, 0.05) is 9.61 Å². The Morgan fingerprint density at radius 3 is 2.86 bits per heavy atom. The first kappa shape index (κ1) is 11.7. The second-order valence-corrected chi connectivity index (χ2v) is 4.90. The second-order valence-electron chi connectivity index (χ2n) is 3.66. The van der Waals surface area contributed by atoms with E-state index in [1.165, 1.54) is 14.7 Å². The standard InChI is InChI=1S/C12H16IN/c1-9(2)6-7-12(14)10-4-3-5-11(13)8-10/h3-5,8,12H,1,6-7,14H2,2H3. The summed E-state index contributed by atoms with van der Waals surface area (Å²) in [6.07, 6.45) is 1.99. The zero-order chi connectivity index (χ0) is 10.6. The summed E-state index contributed by atoms with van der Waals surface area (Å²) in [7, 11) is 0. The van der Waals surface area contributed by atoms with Crippen molar-refractivity contribution in [3.63, 3.8) is 0 Å². The molecule has 0 fully saturated rings. The lowest BCUT2D eigenvalue weighted by Gasteiger charge is -2.12. The average Bonchev–Trinajstić information content (AvgIpc) is 2.14. The van der Waals surface area contributed by atoms with Crippen molar-refractivity contribution in [3.05, 3.63) is 45.6 Å². The van der Waals surface area contributed by atoms with E-state index in [1.807, 2.05) is 6.92 Å². The van der Waals surface area contributed by atoms with E-state index >= 15 is 0 Å². The number of allylic oxidation sites excluding steroid dienone is 1. The highest BCUT2D eigenvalue weighted by atomic mass is 127. The van der Waals surface area contributed by atoms with Crippen molar-refractivity contribution < 1.29 is 0 Å². The summed E-state index contributed by atoms with van der Waals surface area (Å²) in [6.45, 7) is 5.92. The first-order valence-corrected chi connectivity index (χ1v) is 5.83. The minimum atomic E-state index is 0.140. The Morgan fingerprint density at radius 1 is 1.57 bits per heavy atom. The molecule has 1 aromatic rings. The predicted molar refractivity (Wildman–Crippen MR) is 70.1 cm³/mol. The van der Waals surface area contributed by atoms with Crippen LogP contribution in [-0.2, 0) is 0 Å². The van der Waals surface area contributed by atoms with Crippen molar-refractivity contribution in [3.8, 4) is 0 Å². The Kier molecular flexibility index (Phi) is 4.62. The van der Waals surface area contributed by atoms with E-state index in [0.717, 1.165) is 12.8 Å². The van der Waals surface area contributed by atoms with E-state index in [0.29, 0.717) is 0 Å². The van der Waals surface area contributed by atoms with Crippen LogP contribution in [0, 0.1) is 3.57 Å². The number of hydrogen-bond donors (Lipinski definition) is 1. The molecule has 0 radical (unpaired) electrons. The molecule has 0 spiro atoms. The SMILES string of the molecule is C=C(C)CCC(N)c1cccc(I)c1. The van der Waals surface area contributed by atoms with Gasteiger partial charge in [0.1, 0.15) is 0 Å². The fraction of sp³-hybridized carbons (Fsp3) is 0.333. The third kappa shape index (κ3) is 3.80. The van der Waals surface area contributed by atoms with Gasteiger partial charge in [-0.15, -0.1) is 6.58 Å². The van der Waals surface area contributed by atoms with E-state index in [2.05, 4.69) is 53.4 Å². The lowest BCUT2D eigenvalue weighted by atomic mass is 10.0. The Balaban J connectivity index is 2.60. The van der Waals surface area contributed by atoms with E-state index in [4.69, 9.17) is 5.73 Å². The first-order chi connectivity index (χ1) is 6.59. The summed E-state index contributed by atoms with van der Waals surface area (Å²) in [6, 6.07) is 8.50. The zero-order valence-electron chi connectivity index (χ0n) is 8.46. The van der Waals surface area contributed by atoms with Gasteiger partial charge in [-0.3, -0.25) is 0 Å². The van der Waals surface area contributed by atoms with Crippen LogP contribution in [0.1, 0.15) is 31.4 Å². The molecule has 1 nitrogen and oxygen atoms in total. The molecular weight excluding hydrogens is 285 g/mol. The van der Waals surface area contributed by atoms with Crippen LogP contribution in [-0.4, -0.2) is 0 Å². The van der Waals surface area contributed by atoms with Gasteiger partial charge in [-0.2, -0.15) is 0 Å². The van der Waals surface area contributed by atoms with Crippen LogP contribution < -0.4 is 5.73 Å². The lowest BCUT2D eigenvalue weighted by Crippen LogP contribution is -2.10. The minimum Gasteiger partial charge on any atom is -0.324 e. The Bertz CT molecular complexity index is 320. The molecule has 0 aliphatic carbocycles. The highest BCUT2D eigenvalue weighted by Crippen LogP contribution is 2.19. The monoisotopic (exact) mass is 301 g/mol. The zero-order valence-corrected chi connectivity index (χ0v) is 10.6. The molecule has 0 aliphatic heterocycles. The summed E-state index contributed by atoms with van der Waals surface area (Å²) < 4.78 is 1.24. The fourth-order valence-electron chi connectivity index (χ4n) is 1.31. The van der Waals surface area contributed by atoms with E-state index in [-0.39, 0.29) is 6.04 Å². The van der Waals surface area contributed by atoms with Crippen LogP contribution in [0.2, 0.25) is 0 Å². The maximum atomic E-state index is 6.07. The molecule has 1 atom stereocenters. The maximum Gasteiger partial charge on any atom is 0.0298 e. The second kappa shape index (κ2) is 5.51. The number of benzene rings is 1. The van der Waals surface area contributed by atoms with Gasteiger partial charge in [-0.25, -0.2) is 0 Å². The van der Waals surface area contributed by atoms with Crippen molar-refractivity contribution in [2.24, 2.45) is 5.73 Å². The van der Waals surface area contributed by atoms with Gasteiger partial charge in [0.15, 0.2) is 0 Å². The van der Waals surface area contributed by atoms with Gasteiger partial charge in [-0.05, 0) is 60.1 Å². The number of rotatable bonds is 4. The lowest BCUT2D eigenvalue weighted by molar-refractivity contribution is 0.649. The molecule has 0 aliphatic rings. The fourth-order valence-corrected chi connectivity index (χ4v) is 1.87. The molecule has 0 amide bonds. The molecule has 76 valence electrons. The van der Waals surface area contributed by atoms with Gasteiger partial charge >= 0.3 is 0 Å². The van der Waals surface area contributed by atoms with Crippen molar-refractivity contribution in [1.82, 2.24) is 0 Å². The van der Waals surface area contributed by atoms with Gasteiger partial charge in [0.05, 0.1) is 0 Å². The van der Waals surface area contributed by atoms with Crippen LogP contribution in [0.3, 0.4) is 0 Å². The smallest absolute Gasteiger partial charge is 0.0298 e. The molecule has 0 aromatic heterocycles. The summed E-state index contributed by atoms with van der Waals surface area (Å²) >= 11 is 2.31. The van der Waals surface area contributed by atoms with Crippen LogP contribution in [0.25, 0.3) is 0 Å². The third-order valence-corrected chi connectivity index (χ3v) is 2.83. The van der Waals surface area contributed by atoms with Gasteiger partial charge < -0.3 is 5.73 Å². The molecule has 2 heteroatoms. The third-order valence-electron chi connectivity index (χ3n) is 2.16. The minimum absolute atomic E-state index is 0.140. The van der Waals surface area contributed by atoms with Crippen molar-refractivity contribution in [2.75, 3.05) is 0 Å². The Morgan fingerprint density at radius 2 is 2.29 bits per heavy atom. The molecule has 1 rings (SSSR count). The van der Waals surface area contributed by atoms with Crippen LogP contribution in [0.15, 0.2) is 36.4 Å². The summed E-state index contributed by atoms with van der Waals surface area (Å²) in [5, 5.41) is 0. The van der Waals surface area contributed by atoms with Crippen molar-refractivity contribution >= 4 is 22.6 Å². The molecule has 14 heavy (non-hydrogen) atoms. The van der Waals surface area contributed by atoms with Gasteiger partial charge in [0.25, 0.3) is 0 Å². The summed E-state index contributed by atoms with van der Waals surface area (Å²) in [5.41, 5.74) is 8.49. The number of hydrogen-bond acceptors (Lipinski definition) is 1. The normalized spacial score (nSPS) is 12.5. The van der Waals surface area contributed by atoms with Crippen LogP contribution in [0.4, 0.5) is 0 Å². The van der Waals surface area contributed by atoms with Gasteiger partial charge in [-0.1, -0.05) is 17.7 Å². The van der Waals surface area contributed by atoms with Crippen molar-refractivity contribution in [2.45, 2.75) is 25.8 Å². The number of halogens is 1. The molecule has 0 saturated carbocycles. The van der Waals surface area contributed by atoms with Gasteiger partial charge in [0.2, 0.25) is 0 Å². The topological polar surface area (TPSA) is 26.0 Å². The average molecular weight is 301 g/mol. The quantitative estimate of drug-likeness (QED) is 0.667. The molecular formula is C12H16IN. The largest absolute Gasteiger partial charge is 0.324 e. The van der Waals surface area contributed by atoms with E-state index in [1.54, 1.807) is 0 Å². The van der Waals surface area contributed by atoms with Crippen LogP contribution in [0.5, 0.6) is 0 Å². The summed E-state index contributed by atoms with van der Waals surface area (Å²) in [4.78, 5) is 0. The van der Waals surface area contributed by atoms with Crippen molar-refractivity contribution in [1.29, 1.82) is 0 Å². The number of nitrogens with two attached hydrogens (primary N) is 1.